The highest BCUT2D eigenvalue weighted by atomic mass is 32.1. The number of hydrogen-bond donors (Lipinski definition) is 1. The highest BCUT2D eigenvalue weighted by molar-refractivity contribution is 7.13. The van der Waals surface area contributed by atoms with E-state index in [4.69, 9.17) is 9.47 Å². The van der Waals surface area contributed by atoms with Crippen LogP contribution in [0.15, 0.2) is 60.1 Å². The van der Waals surface area contributed by atoms with E-state index in [1.807, 2.05) is 0 Å². The molecule has 0 saturated heterocycles. The number of benzene rings is 2. The number of rotatable bonds is 8. The van der Waals surface area contributed by atoms with Crippen molar-refractivity contribution in [2.24, 2.45) is 0 Å². The molecule has 3 aromatic rings. The van der Waals surface area contributed by atoms with Crippen molar-refractivity contribution in [1.82, 2.24) is 4.98 Å². The van der Waals surface area contributed by atoms with Gasteiger partial charge in [0.05, 0.1) is 14.2 Å². The molecule has 1 amide bonds. The van der Waals surface area contributed by atoms with Gasteiger partial charge in [-0.1, -0.05) is 12.1 Å². The maximum Gasteiger partial charge on any atom is 0.294 e. The van der Waals surface area contributed by atoms with Gasteiger partial charge in [-0.15, -0.1) is 11.3 Å². The van der Waals surface area contributed by atoms with Crippen LogP contribution in [0, 0.1) is 0 Å². The minimum absolute atomic E-state index is 0.286. The molecule has 148 valence electrons. The average molecular weight is 410 g/mol. The van der Waals surface area contributed by atoms with Crippen molar-refractivity contribution in [2.75, 3.05) is 19.5 Å². The molecule has 8 heteroatoms. The minimum Gasteiger partial charge on any atom is -0.497 e. The van der Waals surface area contributed by atoms with Gasteiger partial charge in [-0.2, -0.15) is 0 Å². The Labute approximate surface area is 171 Å². The number of nitrogens with one attached hydrogen (secondary N) is 1. The molecule has 1 aromatic heterocycles. The van der Waals surface area contributed by atoms with Gasteiger partial charge in [0.15, 0.2) is 10.9 Å². The number of carbonyl (C=O) groups excluding carboxylic acids is 3. The third-order valence-electron chi connectivity index (χ3n) is 4.22. The van der Waals surface area contributed by atoms with Gasteiger partial charge in [0.25, 0.3) is 5.91 Å². The van der Waals surface area contributed by atoms with Crippen molar-refractivity contribution in [3.8, 4) is 11.5 Å². The van der Waals surface area contributed by atoms with Crippen molar-refractivity contribution in [1.29, 1.82) is 0 Å². The maximum absolute atomic E-state index is 13.2. The number of Topliss-reactive ketones (excluding diaryl/α,β-unsaturated/α-hetero) is 2. The van der Waals surface area contributed by atoms with Crippen molar-refractivity contribution < 1.29 is 23.9 Å². The second-order valence-electron chi connectivity index (χ2n) is 5.95. The van der Waals surface area contributed by atoms with E-state index in [2.05, 4.69) is 10.3 Å². The summed E-state index contributed by atoms with van der Waals surface area (Å²) in [5.41, 5.74) is 0.688. The van der Waals surface area contributed by atoms with E-state index >= 15 is 0 Å². The zero-order chi connectivity index (χ0) is 20.8. The Morgan fingerprint density at radius 1 is 0.931 bits per heavy atom. The van der Waals surface area contributed by atoms with Gasteiger partial charge in [-0.05, 0) is 42.0 Å². The Bertz CT molecular complexity index is 999. The molecule has 0 bridgehead atoms. The summed E-state index contributed by atoms with van der Waals surface area (Å²) >= 11 is 1.18. The molecule has 0 aliphatic rings. The van der Waals surface area contributed by atoms with Crippen molar-refractivity contribution in [3.05, 3.63) is 71.2 Å². The highest BCUT2D eigenvalue weighted by Crippen LogP contribution is 2.26. The summed E-state index contributed by atoms with van der Waals surface area (Å²) in [4.78, 5) is 42.5. The van der Waals surface area contributed by atoms with Gasteiger partial charge in [-0.25, -0.2) is 4.98 Å². The van der Waals surface area contributed by atoms with Crippen LogP contribution in [-0.2, 0) is 9.59 Å². The molecule has 7 nitrogen and oxygen atoms in total. The zero-order valence-electron chi connectivity index (χ0n) is 15.7. The van der Waals surface area contributed by atoms with E-state index < -0.39 is 23.4 Å². The first kappa shape index (κ1) is 20.2. The molecule has 1 atom stereocenters. The van der Waals surface area contributed by atoms with Gasteiger partial charge < -0.3 is 9.47 Å². The number of nitrogens with zero attached hydrogens (tertiary/aromatic N) is 1. The topological polar surface area (TPSA) is 94.6 Å². The SMILES string of the molecule is COc1ccc(C(=O)[C@H](C(=O)C(=O)Nc2nccs2)c2ccc(OC)cc2)cc1. The number of aromatic nitrogens is 1. The van der Waals surface area contributed by atoms with Crippen molar-refractivity contribution in [2.45, 2.75) is 5.92 Å². The molecule has 0 spiro atoms. The van der Waals surface area contributed by atoms with Gasteiger partial charge in [-0.3, -0.25) is 19.7 Å². The predicted octanol–water partition coefficient (Wildman–Crippen LogP) is 3.33. The van der Waals surface area contributed by atoms with E-state index in [0.717, 1.165) is 0 Å². The molecule has 0 fully saturated rings. The third-order valence-corrected chi connectivity index (χ3v) is 4.91. The first-order chi connectivity index (χ1) is 14.0. The lowest BCUT2D eigenvalue weighted by atomic mass is 9.86. The largest absolute Gasteiger partial charge is 0.497 e. The summed E-state index contributed by atoms with van der Waals surface area (Å²) < 4.78 is 10.2. The number of thiazole rings is 1. The first-order valence-corrected chi connectivity index (χ1v) is 9.48. The maximum atomic E-state index is 13.2. The van der Waals surface area contributed by atoms with Crippen LogP contribution < -0.4 is 14.8 Å². The second-order valence-corrected chi connectivity index (χ2v) is 6.85. The van der Waals surface area contributed by atoms with Crippen LogP contribution >= 0.6 is 11.3 Å². The summed E-state index contributed by atoms with van der Waals surface area (Å²) in [5, 5.41) is 4.40. The average Bonchev–Trinajstić information content (AvgIpc) is 3.27. The van der Waals surface area contributed by atoms with E-state index in [9.17, 15) is 14.4 Å². The van der Waals surface area contributed by atoms with Crippen LogP contribution in [0.5, 0.6) is 11.5 Å². The lowest BCUT2D eigenvalue weighted by molar-refractivity contribution is -0.135. The van der Waals surface area contributed by atoms with Crippen molar-refractivity contribution in [3.63, 3.8) is 0 Å². The van der Waals surface area contributed by atoms with Gasteiger partial charge >= 0.3 is 0 Å². The molecular weight excluding hydrogens is 392 g/mol. The molecule has 2 aromatic carbocycles. The zero-order valence-corrected chi connectivity index (χ0v) is 16.6. The Morgan fingerprint density at radius 2 is 1.52 bits per heavy atom. The fourth-order valence-electron chi connectivity index (χ4n) is 2.72. The van der Waals surface area contributed by atoms with Crippen LogP contribution in [0.2, 0.25) is 0 Å². The van der Waals surface area contributed by atoms with Crippen LogP contribution in [0.25, 0.3) is 0 Å². The number of hydrogen-bond acceptors (Lipinski definition) is 7. The number of anilines is 1. The smallest absolute Gasteiger partial charge is 0.294 e. The van der Waals surface area contributed by atoms with E-state index in [1.165, 1.54) is 31.8 Å². The molecule has 1 heterocycles. The number of carbonyl (C=O) groups is 3. The van der Waals surface area contributed by atoms with Gasteiger partial charge in [0, 0.05) is 17.1 Å². The summed E-state index contributed by atoms with van der Waals surface area (Å²) in [6, 6.07) is 12.8. The molecule has 1 N–H and O–H groups in total. The number of amides is 1. The molecular formula is C21H18N2O5S. The number of ketones is 2. The standard InChI is InChI=1S/C21H18N2O5S/c1-27-15-7-3-13(4-8-15)17(18(24)14-5-9-16(28-2)10-6-14)19(25)20(26)23-21-22-11-12-29-21/h3-12,17H,1-2H3,(H,22,23,26)/t17-/m1/s1. The summed E-state index contributed by atoms with van der Waals surface area (Å²) in [6.07, 6.45) is 1.51. The van der Waals surface area contributed by atoms with Crippen LogP contribution in [0.1, 0.15) is 21.8 Å². The van der Waals surface area contributed by atoms with Crippen molar-refractivity contribution >= 4 is 33.9 Å². The summed E-state index contributed by atoms with van der Waals surface area (Å²) in [6.45, 7) is 0. The monoisotopic (exact) mass is 410 g/mol. The van der Waals surface area contributed by atoms with Crippen LogP contribution in [0.4, 0.5) is 5.13 Å². The molecule has 0 saturated carbocycles. The van der Waals surface area contributed by atoms with Crippen LogP contribution in [0.3, 0.4) is 0 Å². The lowest BCUT2D eigenvalue weighted by Gasteiger charge is -2.15. The number of ether oxygens (including phenoxy) is 2. The lowest BCUT2D eigenvalue weighted by Crippen LogP contribution is -2.32. The third kappa shape index (κ3) is 4.67. The first-order valence-electron chi connectivity index (χ1n) is 8.60. The minimum atomic E-state index is -1.30. The summed E-state index contributed by atoms with van der Waals surface area (Å²) in [7, 11) is 3.03. The molecule has 0 unspecified atom stereocenters. The van der Waals surface area contributed by atoms with Crippen LogP contribution in [-0.4, -0.2) is 36.7 Å². The normalized spacial score (nSPS) is 11.4. The second kappa shape index (κ2) is 9.11. The molecule has 3 rings (SSSR count). The Hall–Kier alpha value is -3.52. The fraction of sp³-hybridized carbons (Fsp3) is 0.143. The molecule has 29 heavy (non-hydrogen) atoms. The molecule has 0 aliphatic carbocycles. The fourth-order valence-corrected chi connectivity index (χ4v) is 3.24. The number of methoxy groups -OCH3 is 2. The van der Waals surface area contributed by atoms with Gasteiger partial charge in [0.1, 0.15) is 17.4 Å². The quantitative estimate of drug-likeness (QED) is 0.348. The highest BCUT2D eigenvalue weighted by Gasteiger charge is 2.34. The summed E-state index contributed by atoms with van der Waals surface area (Å²) in [5.74, 6) is -2.40. The van der Waals surface area contributed by atoms with E-state index in [-0.39, 0.29) is 5.13 Å². The van der Waals surface area contributed by atoms with Gasteiger partial charge in [0.2, 0.25) is 5.78 Å². The Balaban J connectivity index is 1.94. The molecule has 0 radical (unpaired) electrons. The van der Waals surface area contributed by atoms with E-state index in [1.54, 1.807) is 53.9 Å². The molecule has 0 aliphatic heterocycles. The Kier molecular flexibility index (Phi) is 6.36. The predicted molar refractivity (Wildman–Crippen MR) is 109 cm³/mol. The Morgan fingerprint density at radius 3 is 2.03 bits per heavy atom. The van der Waals surface area contributed by atoms with E-state index in [0.29, 0.717) is 22.6 Å².